The monoisotopic (exact) mass is 266 g/mol. The summed E-state index contributed by atoms with van der Waals surface area (Å²) in [5.41, 5.74) is 8.53. The summed E-state index contributed by atoms with van der Waals surface area (Å²) in [6.07, 6.45) is 0.763. The molecule has 0 fully saturated rings. The number of hydrogen-bond acceptors (Lipinski definition) is 4. The molecule has 0 saturated heterocycles. The van der Waals surface area contributed by atoms with Crippen LogP contribution in [0.25, 0.3) is 5.69 Å². The maximum absolute atomic E-state index is 10.5. The molecule has 3 N–H and O–H groups in total. The molecule has 5 nitrogen and oxygen atoms in total. The molecular weight excluding hydrogens is 252 g/mol. The molecular formula is C15H14N4O. The van der Waals surface area contributed by atoms with Gasteiger partial charge in [-0.1, -0.05) is 35.5 Å². The predicted molar refractivity (Wildman–Crippen MR) is 76.3 cm³/mol. The molecule has 3 aromatic rings. The van der Waals surface area contributed by atoms with Crippen LogP contribution < -0.4 is 5.73 Å². The van der Waals surface area contributed by atoms with Crippen molar-refractivity contribution in [2.45, 2.75) is 6.10 Å². The molecule has 0 aliphatic carbocycles. The van der Waals surface area contributed by atoms with Crippen LogP contribution in [0.5, 0.6) is 0 Å². The van der Waals surface area contributed by atoms with E-state index in [1.807, 2.05) is 30.3 Å². The average molecular weight is 266 g/mol. The van der Waals surface area contributed by atoms with E-state index in [2.05, 4.69) is 10.3 Å². The van der Waals surface area contributed by atoms with E-state index in [9.17, 15) is 5.11 Å². The molecule has 20 heavy (non-hydrogen) atoms. The maximum atomic E-state index is 10.5. The fourth-order valence-electron chi connectivity index (χ4n) is 2.05. The van der Waals surface area contributed by atoms with Gasteiger partial charge < -0.3 is 10.8 Å². The molecule has 0 aliphatic heterocycles. The number of aliphatic hydroxyl groups excluding tert-OH is 1. The zero-order valence-electron chi connectivity index (χ0n) is 10.7. The van der Waals surface area contributed by atoms with Crippen molar-refractivity contribution in [2.75, 3.05) is 5.73 Å². The molecule has 1 aromatic heterocycles. The van der Waals surface area contributed by atoms with Gasteiger partial charge in [0.25, 0.3) is 0 Å². The van der Waals surface area contributed by atoms with Gasteiger partial charge in [-0.15, -0.1) is 5.10 Å². The number of rotatable bonds is 3. The van der Waals surface area contributed by atoms with Gasteiger partial charge in [-0.25, -0.2) is 4.68 Å². The lowest BCUT2D eigenvalue weighted by atomic mass is 10.1. The molecule has 0 amide bonds. The van der Waals surface area contributed by atoms with E-state index >= 15 is 0 Å². The molecule has 0 aliphatic rings. The Kier molecular flexibility index (Phi) is 3.18. The van der Waals surface area contributed by atoms with Crippen LogP contribution in [-0.2, 0) is 0 Å². The minimum Gasteiger partial charge on any atom is -0.399 e. The highest BCUT2D eigenvalue weighted by molar-refractivity contribution is 5.41. The highest BCUT2D eigenvalue weighted by Crippen LogP contribution is 2.23. The van der Waals surface area contributed by atoms with Crippen LogP contribution in [0.4, 0.5) is 5.69 Å². The number of nitrogens with two attached hydrogens (primary N) is 1. The van der Waals surface area contributed by atoms with E-state index in [0.717, 1.165) is 11.3 Å². The number of aliphatic hydroxyl groups is 1. The first kappa shape index (κ1) is 12.4. The van der Waals surface area contributed by atoms with Crippen LogP contribution in [0.3, 0.4) is 0 Å². The zero-order chi connectivity index (χ0) is 13.9. The summed E-state index contributed by atoms with van der Waals surface area (Å²) >= 11 is 0. The summed E-state index contributed by atoms with van der Waals surface area (Å²) in [4.78, 5) is 0. The van der Waals surface area contributed by atoms with Crippen LogP contribution in [-0.4, -0.2) is 20.1 Å². The third-order valence-electron chi connectivity index (χ3n) is 3.11. The predicted octanol–water partition coefficient (Wildman–Crippen LogP) is 1.93. The quantitative estimate of drug-likeness (QED) is 0.710. The van der Waals surface area contributed by atoms with Crippen LogP contribution in [0.15, 0.2) is 60.8 Å². The van der Waals surface area contributed by atoms with Crippen molar-refractivity contribution in [3.05, 3.63) is 72.1 Å². The highest BCUT2D eigenvalue weighted by Gasteiger charge is 2.17. The maximum Gasteiger partial charge on any atom is 0.123 e. The lowest BCUT2D eigenvalue weighted by Crippen LogP contribution is -2.08. The first-order chi connectivity index (χ1) is 9.75. The molecule has 0 saturated carbocycles. The molecule has 1 unspecified atom stereocenters. The number of nitrogens with zero attached hydrogens (tertiary/aromatic N) is 3. The summed E-state index contributed by atoms with van der Waals surface area (Å²) in [5, 5.41) is 18.4. The minimum atomic E-state index is -0.800. The van der Waals surface area contributed by atoms with Crippen molar-refractivity contribution in [2.24, 2.45) is 0 Å². The van der Waals surface area contributed by atoms with Crippen molar-refractivity contribution < 1.29 is 5.11 Å². The molecule has 3 rings (SSSR count). The van der Waals surface area contributed by atoms with Crippen LogP contribution >= 0.6 is 0 Å². The Bertz CT molecular complexity index is 691. The van der Waals surface area contributed by atoms with Gasteiger partial charge in [0, 0.05) is 5.69 Å². The van der Waals surface area contributed by atoms with Gasteiger partial charge in [0.2, 0.25) is 0 Å². The zero-order valence-corrected chi connectivity index (χ0v) is 10.7. The lowest BCUT2D eigenvalue weighted by Gasteiger charge is -2.13. The van der Waals surface area contributed by atoms with E-state index in [4.69, 9.17) is 5.73 Å². The van der Waals surface area contributed by atoms with Crippen molar-refractivity contribution in [3.8, 4) is 5.69 Å². The number of benzene rings is 2. The Morgan fingerprint density at radius 2 is 1.70 bits per heavy atom. The Labute approximate surface area is 116 Å². The second-order valence-corrected chi connectivity index (χ2v) is 4.48. The summed E-state index contributed by atoms with van der Waals surface area (Å²) in [6, 6.07) is 16.7. The number of hydrogen-bond donors (Lipinski definition) is 2. The molecule has 100 valence electrons. The molecule has 0 spiro atoms. The van der Waals surface area contributed by atoms with Gasteiger partial charge in [0.1, 0.15) is 6.10 Å². The van der Waals surface area contributed by atoms with E-state index in [1.165, 1.54) is 0 Å². The van der Waals surface area contributed by atoms with Gasteiger partial charge in [0.05, 0.1) is 17.6 Å². The topological polar surface area (TPSA) is 77.0 Å². The van der Waals surface area contributed by atoms with Crippen LogP contribution in [0.1, 0.15) is 17.4 Å². The fourth-order valence-corrected chi connectivity index (χ4v) is 2.05. The first-order valence-corrected chi connectivity index (χ1v) is 6.25. The summed E-state index contributed by atoms with van der Waals surface area (Å²) in [6.45, 7) is 0. The average Bonchev–Trinajstić information content (AvgIpc) is 2.97. The van der Waals surface area contributed by atoms with Crippen molar-refractivity contribution in [1.29, 1.82) is 0 Å². The molecule has 1 atom stereocenters. The van der Waals surface area contributed by atoms with E-state index in [0.29, 0.717) is 11.4 Å². The van der Waals surface area contributed by atoms with Gasteiger partial charge in [-0.3, -0.25) is 0 Å². The van der Waals surface area contributed by atoms with E-state index in [1.54, 1.807) is 35.1 Å². The Morgan fingerprint density at radius 3 is 2.40 bits per heavy atom. The van der Waals surface area contributed by atoms with Gasteiger partial charge in [0.15, 0.2) is 0 Å². The summed E-state index contributed by atoms with van der Waals surface area (Å²) in [7, 11) is 0. The molecule has 1 heterocycles. The van der Waals surface area contributed by atoms with Crippen molar-refractivity contribution >= 4 is 5.69 Å². The standard InChI is InChI=1S/C15H14N4O/c16-12-8-6-11(7-9-12)15(20)14-10-17-18-19(14)13-4-2-1-3-5-13/h1-10,15,20H,16H2. The lowest BCUT2D eigenvalue weighted by molar-refractivity contribution is 0.212. The third-order valence-corrected chi connectivity index (χ3v) is 3.11. The van der Waals surface area contributed by atoms with Crippen molar-refractivity contribution in [1.82, 2.24) is 15.0 Å². The van der Waals surface area contributed by atoms with Crippen LogP contribution in [0, 0.1) is 0 Å². The Morgan fingerprint density at radius 1 is 1.00 bits per heavy atom. The molecule has 2 aromatic carbocycles. The largest absolute Gasteiger partial charge is 0.399 e. The van der Waals surface area contributed by atoms with Crippen LogP contribution in [0.2, 0.25) is 0 Å². The first-order valence-electron chi connectivity index (χ1n) is 6.25. The molecule has 0 bridgehead atoms. The number of nitrogen functional groups attached to an aromatic ring is 1. The number of aromatic nitrogens is 3. The third kappa shape index (κ3) is 2.26. The summed E-state index contributed by atoms with van der Waals surface area (Å²) in [5.74, 6) is 0. The SMILES string of the molecule is Nc1ccc(C(O)c2cnnn2-c2ccccc2)cc1. The van der Waals surface area contributed by atoms with Gasteiger partial charge >= 0.3 is 0 Å². The number of anilines is 1. The Balaban J connectivity index is 1.99. The Hall–Kier alpha value is -2.66. The summed E-state index contributed by atoms with van der Waals surface area (Å²) < 4.78 is 1.63. The highest BCUT2D eigenvalue weighted by atomic mass is 16.3. The fraction of sp³-hybridized carbons (Fsp3) is 0.0667. The van der Waals surface area contributed by atoms with Crippen molar-refractivity contribution in [3.63, 3.8) is 0 Å². The minimum absolute atomic E-state index is 0.612. The van der Waals surface area contributed by atoms with Gasteiger partial charge in [-0.05, 0) is 29.8 Å². The number of para-hydroxylation sites is 1. The van der Waals surface area contributed by atoms with Gasteiger partial charge in [-0.2, -0.15) is 0 Å². The normalized spacial score (nSPS) is 12.2. The van der Waals surface area contributed by atoms with E-state index < -0.39 is 6.10 Å². The van der Waals surface area contributed by atoms with E-state index in [-0.39, 0.29) is 0 Å². The smallest absolute Gasteiger partial charge is 0.123 e. The molecule has 5 heteroatoms. The molecule has 0 radical (unpaired) electrons. The second-order valence-electron chi connectivity index (χ2n) is 4.48. The second kappa shape index (κ2) is 5.14.